The van der Waals surface area contributed by atoms with Crippen molar-refractivity contribution in [2.45, 2.75) is 26.8 Å². The van der Waals surface area contributed by atoms with Gasteiger partial charge in [-0.15, -0.1) is 0 Å². The minimum Gasteiger partial charge on any atom is -0.493 e. The van der Waals surface area contributed by atoms with Crippen molar-refractivity contribution in [3.63, 3.8) is 0 Å². The summed E-state index contributed by atoms with van der Waals surface area (Å²) in [4.78, 5) is 43.6. The number of fused-ring (bicyclic) bond motifs is 1. The fourth-order valence-electron chi connectivity index (χ4n) is 4.56. The highest BCUT2D eigenvalue weighted by Crippen LogP contribution is 2.36. The molecule has 0 N–H and O–H groups in total. The van der Waals surface area contributed by atoms with Gasteiger partial charge in [0.1, 0.15) is 11.5 Å². The maximum atomic E-state index is 13.9. The lowest BCUT2D eigenvalue weighted by Crippen LogP contribution is -2.39. The molecule has 2 aromatic carbocycles. The molecule has 1 aliphatic rings. The van der Waals surface area contributed by atoms with Crippen LogP contribution < -0.4 is 24.4 Å². The molecule has 0 bridgehead atoms. The van der Waals surface area contributed by atoms with E-state index in [1.165, 1.54) is 29.9 Å². The van der Waals surface area contributed by atoms with E-state index in [2.05, 4.69) is 4.99 Å². The van der Waals surface area contributed by atoms with Crippen LogP contribution in [0.2, 0.25) is 5.02 Å². The first-order chi connectivity index (χ1) is 19.7. The van der Waals surface area contributed by atoms with Crippen molar-refractivity contribution in [1.29, 1.82) is 0 Å². The minimum absolute atomic E-state index is 0.148. The number of rotatable bonds is 7. The number of hydrogen-bond donors (Lipinski definition) is 0. The molecule has 0 saturated heterocycles. The Morgan fingerprint density at radius 1 is 1.15 bits per heavy atom. The minimum atomic E-state index is -0.869. The Labute approximate surface area is 243 Å². The quantitative estimate of drug-likeness (QED) is 0.227. The molecule has 0 radical (unpaired) electrons. The number of esters is 2. The zero-order valence-corrected chi connectivity index (χ0v) is 24.2. The number of halogens is 1. The van der Waals surface area contributed by atoms with Crippen LogP contribution in [0, 0.1) is 0 Å². The van der Waals surface area contributed by atoms with Crippen LogP contribution in [-0.2, 0) is 14.3 Å². The number of benzene rings is 2. The lowest BCUT2D eigenvalue weighted by Gasteiger charge is -2.25. The van der Waals surface area contributed by atoms with Gasteiger partial charge in [-0.2, -0.15) is 0 Å². The number of nitrogens with zero attached hydrogens (tertiary/aromatic N) is 2. The highest BCUT2D eigenvalue weighted by molar-refractivity contribution is 7.07. The van der Waals surface area contributed by atoms with Crippen LogP contribution in [0.15, 0.2) is 80.1 Å². The van der Waals surface area contributed by atoms with Gasteiger partial charge in [0.05, 0.1) is 35.6 Å². The summed E-state index contributed by atoms with van der Waals surface area (Å²) in [6, 6.07) is 14.8. The molecular weight excluding hydrogens is 568 g/mol. The molecule has 0 amide bonds. The summed E-state index contributed by atoms with van der Waals surface area (Å²) in [5.41, 5.74) is 1.63. The Kier molecular flexibility index (Phi) is 7.96. The smallest absolute Gasteiger partial charge is 0.338 e. The molecular formula is C30H25ClN2O7S. The summed E-state index contributed by atoms with van der Waals surface area (Å²) < 4.78 is 23.8. The summed E-state index contributed by atoms with van der Waals surface area (Å²) in [6.07, 6.45) is 1.64. The molecule has 0 spiro atoms. The second kappa shape index (κ2) is 11.6. The van der Waals surface area contributed by atoms with E-state index >= 15 is 0 Å². The number of ether oxygens (including phenoxy) is 3. The number of hydrogen-bond acceptors (Lipinski definition) is 9. The van der Waals surface area contributed by atoms with Crippen LogP contribution in [0.25, 0.3) is 17.4 Å². The molecule has 9 nitrogen and oxygen atoms in total. The summed E-state index contributed by atoms with van der Waals surface area (Å²) in [5.74, 6) is 0.446. The number of carbonyl (C=O) groups excluding carboxylic acids is 2. The summed E-state index contributed by atoms with van der Waals surface area (Å²) >= 11 is 7.30. The van der Waals surface area contributed by atoms with E-state index in [9.17, 15) is 14.4 Å². The summed E-state index contributed by atoms with van der Waals surface area (Å²) in [6.45, 7) is 4.84. The third-order valence-electron chi connectivity index (χ3n) is 6.28. The molecule has 3 heterocycles. The first-order valence-electron chi connectivity index (χ1n) is 12.6. The standard InChI is InChI=1S/C30H25ClN2O7S/c1-5-38-29(36)26-16(2)32-30-33(27(26)19-9-11-23(39-17(3)34)24(14-19)37-4)28(35)25(41-30)15-21-10-12-22(40-21)18-7-6-8-20(31)13-18/h6-15,27H,5H2,1-4H3/b25-15+/t27-/m0/s1. The first kappa shape index (κ1) is 28.1. The highest BCUT2D eigenvalue weighted by Gasteiger charge is 2.34. The number of carbonyl (C=O) groups is 2. The second-order valence-corrected chi connectivity index (χ2v) is 10.5. The van der Waals surface area contributed by atoms with Gasteiger partial charge in [-0.25, -0.2) is 9.79 Å². The predicted octanol–water partition coefficient (Wildman–Crippen LogP) is 4.65. The molecule has 1 atom stereocenters. The third kappa shape index (κ3) is 5.61. The predicted molar refractivity (Wildman–Crippen MR) is 154 cm³/mol. The number of furan rings is 1. The molecule has 210 valence electrons. The van der Waals surface area contributed by atoms with E-state index < -0.39 is 18.0 Å². The van der Waals surface area contributed by atoms with Gasteiger partial charge in [-0.3, -0.25) is 14.2 Å². The van der Waals surface area contributed by atoms with Gasteiger partial charge in [0.15, 0.2) is 16.3 Å². The normalized spacial score (nSPS) is 14.9. The van der Waals surface area contributed by atoms with Gasteiger partial charge in [-0.05, 0) is 55.8 Å². The first-order valence-corrected chi connectivity index (χ1v) is 13.8. The Balaban J connectivity index is 1.65. The van der Waals surface area contributed by atoms with Crippen LogP contribution in [0.3, 0.4) is 0 Å². The summed E-state index contributed by atoms with van der Waals surface area (Å²) in [7, 11) is 1.44. The molecule has 0 saturated carbocycles. The molecule has 2 aromatic heterocycles. The van der Waals surface area contributed by atoms with Crippen molar-refractivity contribution < 1.29 is 28.2 Å². The zero-order chi connectivity index (χ0) is 29.3. The third-order valence-corrected chi connectivity index (χ3v) is 7.50. The van der Waals surface area contributed by atoms with Crippen molar-refractivity contribution >= 4 is 41.0 Å². The molecule has 0 aliphatic carbocycles. The monoisotopic (exact) mass is 592 g/mol. The van der Waals surface area contributed by atoms with Gasteiger partial charge in [-0.1, -0.05) is 41.1 Å². The fourth-order valence-corrected chi connectivity index (χ4v) is 5.77. The van der Waals surface area contributed by atoms with Crippen LogP contribution in [0.4, 0.5) is 0 Å². The second-order valence-electron chi connectivity index (χ2n) is 9.02. The number of methoxy groups -OCH3 is 1. The number of thiazole rings is 1. The van der Waals surface area contributed by atoms with E-state index in [1.54, 1.807) is 62.4 Å². The Bertz CT molecular complexity index is 1880. The maximum Gasteiger partial charge on any atom is 0.338 e. The van der Waals surface area contributed by atoms with Crippen molar-refractivity contribution in [3.8, 4) is 22.8 Å². The SMILES string of the molecule is CCOC(=O)C1=C(C)N=c2s/c(=C/c3ccc(-c4cccc(Cl)c4)o3)c(=O)n2[C@H]1c1ccc(OC(C)=O)c(OC)c1. The van der Waals surface area contributed by atoms with E-state index in [0.29, 0.717) is 37.1 Å². The molecule has 1 aliphatic heterocycles. The Hall–Kier alpha value is -4.41. The molecule has 0 fully saturated rings. The summed E-state index contributed by atoms with van der Waals surface area (Å²) in [5, 5.41) is 0.582. The molecule has 11 heteroatoms. The largest absolute Gasteiger partial charge is 0.493 e. The molecule has 0 unspecified atom stereocenters. The van der Waals surface area contributed by atoms with Crippen LogP contribution >= 0.6 is 22.9 Å². The van der Waals surface area contributed by atoms with Crippen LogP contribution in [-0.4, -0.2) is 30.2 Å². The van der Waals surface area contributed by atoms with Gasteiger partial charge >= 0.3 is 11.9 Å². The van der Waals surface area contributed by atoms with Crippen molar-refractivity contribution in [2.24, 2.45) is 4.99 Å². The van der Waals surface area contributed by atoms with Crippen LogP contribution in [0.1, 0.15) is 38.1 Å². The molecule has 4 aromatic rings. The zero-order valence-electron chi connectivity index (χ0n) is 22.6. The lowest BCUT2D eigenvalue weighted by atomic mass is 9.95. The van der Waals surface area contributed by atoms with Crippen molar-refractivity contribution in [3.05, 3.63) is 102 Å². The number of aromatic nitrogens is 1. The fraction of sp³-hybridized carbons (Fsp3) is 0.200. The number of allylic oxidation sites excluding steroid dienone is 1. The topological polar surface area (TPSA) is 109 Å². The molecule has 5 rings (SSSR count). The highest BCUT2D eigenvalue weighted by atomic mass is 35.5. The van der Waals surface area contributed by atoms with Gasteiger partial charge in [0.2, 0.25) is 0 Å². The molecule has 41 heavy (non-hydrogen) atoms. The van der Waals surface area contributed by atoms with Gasteiger partial charge < -0.3 is 18.6 Å². The van der Waals surface area contributed by atoms with Crippen LogP contribution in [0.5, 0.6) is 11.5 Å². The van der Waals surface area contributed by atoms with E-state index in [-0.39, 0.29) is 29.2 Å². The van der Waals surface area contributed by atoms with E-state index in [4.69, 9.17) is 30.2 Å². The lowest BCUT2D eigenvalue weighted by molar-refractivity contribution is -0.139. The van der Waals surface area contributed by atoms with Crippen molar-refractivity contribution in [1.82, 2.24) is 4.57 Å². The van der Waals surface area contributed by atoms with Gasteiger partial charge in [0, 0.05) is 23.6 Å². The maximum absolute atomic E-state index is 13.9. The average molecular weight is 593 g/mol. The van der Waals surface area contributed by atoms with E-state index in [0.717, 1.165) is 5.56 Å². The van der Waals surface area contributed by atoms with E-state index in [1.807, 2.05) is 12.1 Å². The Morgan fingerprint density at radius 2 is 1.95 bits per heavy atom. The average Bonchev–Trinajstić information content (AvgIpc) is 3.52. The van der Waals surface area contributed by atoms with Crippen molar-refractivity contribution in [2.75, 3.05) is 13.7 Å². The Morgan fingerprint density at radius 3 is 2.66 bits per heavy atom. The van der Waals surface area contributed by atoms with Gasteiger partial charge in [0.25, 0.3) is 5.56 Å².